The van der Waals surface area contributed by atoms with E-state index >= 15 is 0 Å². The lowest BCUT2D eigenvalue weighted by Gasteiger charge is -2.23. The number of carbonyl (C=O) groups excluding carboxylic acids is 2. The van der Waals surface area contributed by atoms with Crippen molar-refractivity contribution in [2.45, 2.75) is 20.4 Å². The van der Waals surface area contributed by atoms with Crippen LogP contribution in [0.4, 0.5) is 5.69 Å². The standard InChI is InChI=1S/C17H17Cl2N3O2/c1-17(2,15(23)21-10-11-6-8-20-9-7-11)16(24)22-14-12(18)4-3-5-13(14)19/h3-9H,10H2,1-2H3,(H,21,23)(H,22,24). The molecule has 1 aromatic heterocycles. The average Bonchev–Trinajstić information content (AvgIpc) is 2.56. The number of para-hydroxylation sites is 1. The maximum Gasteiger partial charge on any atom is 0.239 e. The zero-order chi connectivity index (χ0) is 17.7. The van der Waals surface area contributed by atoms with Crippen LogP contribution in [-0.4, -0.2) is 16.8 Å². The van der Waals surface area contributed by atoms with Gasteiger partial charge in [-0.1, -0.05) is 29.3 Å². The van der Waals surface area contributed by atoms with E-state index in [9.17, 15) is 9.59 Å². The highest BCUT2D eigenvalue weighted by Gasteiger charge is 2.36. The van der Waals surface area contributed by atoms with Gasteiger partial charge in [-0.2, -0.15) is 0 Å². The Morgan fingerprint density at radius 1 is 1.04 bits per heavy atom. The number of rotatable bonds is 5. The third-order valence-electron chi connectivity index (χ3n) is 3.54. The molecule has 0 saturated carbocycles. The lowest BCUT2D eigenvalue weighted by Crippen LogP contribution is -2.44. The lowest BCUT2D eigenvalue weighted by molar-refractivity contribution is -0.138. The largest absolute Gasteiger partial charge is 0.351 e. The van der Waals surface area contributed by atoms with Crippen molar-refractivity contribution in [3.8, 4) is 0 Å². The highest BCUT2D eigenvalue weighted by Crippen LogP contribution is 2.31. The fourth-order valence-corrected chi connectivity index (χ4v) is 2.39. The van der Waals surface area contributed by atoms with E-state index in [1.54, 1.807) is 42.7 Å². The molecular formula is C17H17Cl2N3O2. The minimum atomic E-state index is -1.30. The molecule has 5 nitrogen and oxygen atoms in total. The van der Waals surface area contributed by atoms with Crippen molar-refractivity contribution in [2.24, 2.45) is 5.41 Å². The Morgan fingerprint density at radius 3 is 2.21 bits per heavy atom. The van der Waals surface area contributed by atoms with Gasteiger partial charge in [-0.05, 0) is 43.7 Å². The van der Waals surface area contributed by atoms with Gasteiger partial charge in [0.1, 0.15) is 5.41 Å². The van der Waals surface area contributed by atoms with E-state index in [-0.39, 0.29) is 0 Å². The fraction of sp³-hybridized carbons (Fsp3) is 0.235. The van der Waals surface area contributed by atoms with Gasteiger partial charge < -0.3 is 10.6 Å². The number of nitrogens with one attached hydrogen (secondary N) is 2. The van der Waals surface area contributed by atoms with E-state index < -0.39 is 17.2 Å². The summed E-state index contributed by atoms with van der Waals surface area (Å²) in [4.78, 5) is 28.8. The van der Waals surface area contributed by atoms with Crippen LogP contribution in [0.25, 0.3) is 0 Å². The number of halogens is 2. The zero-order valence-electron chi connectivity index (χ0n) is 13.3. The summed E-state index contributed by atoms with van der Waals surface area (Å²) in [5.41, 5.74) is -0.111. The molecule has 2 rings (SSSR count). The monoisotopic (exact) mass is 365 g/mol. The number of hydrogen-bond acceptors (Lipinski definition) is 3. The molecule has 0 unspecified atom stereocenters. The lowest BCUT2D eigenvalue weighted by atomic mass is 9.91. The van der Waals surface area contributed by atoms with Crippen molar-refractivity contribution in [1.29, 1.82) is 0 Å². The topological polar surface area (TPSA) is 71.1 Å². The Labute approximate surface area is 150 Å². The second-order valence-corrected chi connectivity index (χ2v) is 6.53. The van der Waals surface area contributed by atoms with Gasteiger partial charge in [0, 0.05) is 18.9 Å². The van der Waals surface area contributed by atoms with Crippen LogP contribution in [0.2, 0.25) is 10.0 Å². The van der Waals surface area contributed by atoms with E-state index in [1.165, 1.54) is 13.8 Å². The van der Waals surface area contributed by atoms with E-state index in [1.807, 2.05) is 0 Å². The smallest absolute Gasteiger partial charge is 0.239 e. The molecule has 0 atom stereocenters. The first-order valence-electron chi connectivity index (χ1n) is 7.25. The van der Waals surface area contributed by atoms with Gasteiger partial charge >= 0.3 is 0 Å². The van der Waals surface area contributed by atoms with Crippen LogP contribution in [-0.2, 0) is 16.1 Å². The van der Waals surface area contributed by atoms with Crippen molar-refractivity contribution in [1.82, 2.24) is 10.3 Å². The van der Waals surface area contributed by atoms with Crippen molar-refractivity contribution < 1.29 is 9.59 Å². The van der Waals surface area contributed by atoms with Crippen LogP contribution in [0.15, 0.2) is 42.7 Å². The molecule has 24 heavy (non-hydrogen) atoms. The minimum absolute atomic E-state index is 0.292. The first-order valence-corrected chi connectivity index (χ1v) is 8.00. The fourth-order valence-electron chi connectivity index (χ4n) is 1.89. The van der Waals surface area contributed by atoms with Gasteiger partial charge in [-0.3, -0.25) is 14.6 Å². The number of anilines is 1. The summed E-state index contributed by atoms with van der Waals surface area (Å²) in [6, 6.07) is 8.47. The summed E-state index contributed by atoms with van der Waals surface area (Å²) in [5.74, 6) is -0.898. The molecule has 0 saturated heterocycles. The molecule has 0 fully saturated rings. The molecule has 1 aromatic carbocycles. The number of amides is 2. The van der Waals surface area contributed by atoms with Crippen LogP contribution in [0, 0.1) is 5.41 Å². The second-order valence-electron chi connectivity index (χ2n) is 5.71. The summed E-state index contributed by atoms with van der Waals surface area (Å²) in [6.07, 6.45) is 3.28. The van der Waals surface area contributed by atoms with Crippen LogP contribution in [0.5, 0.6) is 0 Å². The number of hydrogen-bond donors (Lipinski definition) is 2. The molecule has 0 aliphatic heterocycles. The number of benzene rings is 1. The van der Waals surface area contributed by atoms with Gasteiger partial charge in [0.2, 0.25) is 11.8 Å². The minimum Gasteiger partial charge on any atom is -0.351 e. The molecule has 0 aliphatic carbocycles. The maximum absolute atomic E-state index is 12.5. The molecule has 2 aromatic rings. The molecule has 0 radical (unpaired) electrons. The first-order chi connectivity index (χ1) is 11.3. The van der Waals surface area contributed by atoms with Crippen molar-refractivity contribution in [2.75, 3.05) is 5.32 Å². The Balaban J connectivity index is 2.05. The van der Waals surface area contributed by atoms with Gasteiger partial charge in [-0.15, -0.1) is 0 Å². The van der Waals surface area contributed by atoms with Crippen molar-refractivity contribution >= 4 is 40.7 Å². The number of pyridine rings is 1. The third kappa shape index (κ3) is 4.24. The quantitative estimate of drug-likeness (QED) is 0.794. The molecule has 0 bridgehead atoms. The highest BCUT2D eigenvalue weighted by atomic mass is 35.5. The summed E-state index contributed by atoms with van der Waals surface area (Å²) in [5, 5.41) is 5.98. The Kier molecular flexibility index (Phi) is 5.80. The number of carbonyl (C=O) groups is 2. The van der Waals surface area contributed by atoms with Gasteiger partial charge in [-0.25, -0.2) is 0 Å². The van der Waals surface area contributed by atoms with E-state index in [0.717, 1.165) is 5.56 Å². The van der Waals surface area contributed by atoms with E-state index in [2.05, 4.69) is 15.6 Å². The van der Waals surface area contributed by atoms with Crippen LogP contribution in [0.3, 0.4) is 0 Å². The molecule has 0 aliphatic rings. The van der Waals surface area contributed by atoms with Gasteiger partial charge in [0.05, 0.1) is 15.7 Å². The summed E-state index contributed by atoms with van der Waals surface area (Å²) >= 11 is 12.1. The van der Waals surface area contributed by atoms with Crippen LogP contribution in [0.1, 0.15) is 19.4 Å². The van der Waals surface area contributed by atoms with E-state index in [4.69, 9.17) is 23.2 Å². The summed E-state index contributed by atoms with van der Waals surface area (Å²) in [7, 11) is 0. The van der Waals surface area contributed by atoms with Crippen molar-refractivity contribution in [3.63, 3.8) is 0 Å². The van der Waals surface area contributed by atoms with Crippen LogP contribution < -0.4 is 10.6 Å². The summed E-state index contributed by atoms with van der Waals surface area (Å²) < 4.78 is 0. The normalized spacial score (nSPS) is 11.0. The Hall–Kier alpha value is -2.11. The third-order valence-corrected chi connectivity index (χ3v) is 4.17. The molecule has 0 spiro atoms. The van der Waals surface area contributed by atoms with Gasteiger partial charge in [0.25, 0.3) is 0 Å². The Morgan fingerprint density at radius 2 is 1.62 bits per heavy atom. The van der Waals surface area contributed by atoms with E-state index in [0.29, 0.717) is 22.3 Å². The predicted molar refractivity (Wildman–Crippen MR) is 95.0 cm³/mol. The van der Waals surface area contributed by atoms with Crippen LogP contribution >= 0.6 is 23.2 Å². The maximum atomic E-state index is 12.5. The molecule has 2 amide bonds. The Bertz CT molecular complexity index is 729. The molecule has 2 N–H and O–H groups in total. The average molecular weight is 366 g/mol. The molecule has 7 heteroatoms. The number of aromatic nitrogens is 1. The highest BCUT2D eigenvalue weighted by molar-refractivity contribution is 6.40. The molecule has 1 heterocycles. The van der Waals surface area contributed by atoms with Crippen molar-refractivity contribution in [3.05, 3.63) is 58.3 Å². The summed E-state index contributed by atoms with van der Waals surface area (Å²) in [6.45, 7) is 3.38. The zero-order valence-corrected chi connectivity index (χ0v) is 14.8. The first kappa shape index (κ1) is 18.2. The predicted octanol–water partition coefficient (Wildman–Crippen LogP) is 3.67. The number of nitrogens with zero attached hydrogens (tertiary/aromatic N) is 1. The molecular weight excluding hydrogens is 349 g/mol. The SMILES string of the molecule is CC(C)(C(=O)NCc1ccncc1)C(=O)Nc1c(Cl)cccc1Cl. The molecule has 126 valence electrons. The van der Waals surface area contributed by atoms with Gasteiger partial charge in [0.15, 0.2) is 0 Å². The second kappa shape index (κ2) is 7.64.